The zero-order valence-corrected chi connectivity index (χ0v) is 17.4. The Labute approximate surface area is 179 Å². The van der Waals surface area contributed by atoms with Crippen LogP contribution in [0.1, 0.15) is 27.4 Å². The maximum absolute atomic E-state index is 12.8. The van der Waals surface area contributed by atoms with Crippen molar-refractivity contribution in [2.45, 2.75) is 24.1 Å². The van der Waals surface area contributed by atoms with Gasteiger partial charge < -0.3 is 9.84 Å². The van der Waals surface area contributed by atoms with Gasteiger partial charge in [-0.2, -0.15) is 4.98 Å². The Kier molecular flexibility index (Phi) is 6.25. The van der Waals surface area contributed by atoms with Crippen LogP contribution in [0.15, 0.2) is 88.3 Å². The molecule has 1 aromatic heterocycles. The zero-order chi connectivity index (χ0) is 20.8. The first-order valence-electron chi connectivity index (χ1n) is 9.62. The van der Waals surface area contributed by atoms with Crippen LogP contribution in [0.2, 0.25) is 0 Å². The third kappa shape index (κ3) is 4.96. The molecule has 0 saturated carbocycles. The summed E-state index contributed by atoms with van der Waals surface area (Å²) < 4.78 is 5.30. The summed E-state index contributed by atoms with van der Waals surface area (Å²) in [5.41, 5.74) is 3.86. The first-order valence-corrected chi connectivity index (χ1v) is 10.6. The molecule has 0 atom stereocenters. The summed E-state index contributed by atoms with van der Waals surface area (Å²) in [7, 11) is 0. The maximum atomic E-state index is 12.8. The molecule has 0 aliphatic carbocycles. The molecule has 150 valence electrons. The average Bonchev–Trinajstić information content (AvgIpc) is 3.26. The lowest BCUT2D eigenvalue weighted by Crippen LogP contribution is -2.23. The van der Waals surface area contributed by atoms with Gasteiger partial charge in [-0.25, -0.2) is 0 Å². The molecular weight excluding hydrogens is 394 g/mol. The van der Waals surface area contributed by atoms with Crippen LogP contribution in [0.3, 0.4) is 0 Å². The highest BCUT2D eigenvalue weighted by molar-refractivity contribution is 7.98. The van der Waals surface area contributed by atoms with E-state index in [-0.39, 0.29) is 12.5 Å². The normalized spacial score (nSPS) is 10.7. The van der Waals surface area contributed by atoms with Gasteiger partial charge in [0, 0.05) is 16.2 Å². The van der Waals surface area contributed by atoms with Crippen molar-refractivity contribution in [1.29, 1.82) is 0 Å². The van der Waals surface area contributed by atoms with Crippen LogP contribution in [-0.2, 0) is 12.3 Å². The van der Waals surface area contributed by atoms with E-state index in [0.29, 0.717) is 17.3 Å². The average molecular weight is 416 g/mol. The molecule has 0 aliphatic heterocycles. The molecule has 0 saturated heterocycles. The number of nitrogens with zero attached hydrogens (tertiary/aromatic N) is 2. The largest absolute Gasteiger partial charge is 0.343 e. The van der Waals surface area contributed by atoms with E-state index in [9.17, 15) is 4.79 Å². The minimum absolute atomic E-state index is 0.165. The fourth-order valence-electron chi connectivity index (χ4n) is 2.99. The van der Waals surface area contributed by atoms with Gasteiger partial charge >= 0.3 is 0 Å². The number of aromatic nitrogens is 2. The smallest absolute Gasteiger partial charge is 0.252 e. The van der Waals surface area contributed by atoms with Crippen LogP contribution in [0.5, 0.6) is 0 Å². The molecule has 5 nitrogen and oxygen atoms in total. The number of rotatable bonds is 7. The van der Waals surface area contributed by atoms with Crippen molar-refractivity contribution >= 4 is 17.7 Å². The van der Waals surface area contributed by atoms with E-state index in [1.807, 2.05) is 73.7 Å². The predicted octanol–water partition coefficient (Wildman–Crippen LogP) is 5.27. The highest BCUT2D eigenvalue weighted by Gasteiger charge is 2.14. The second-order valence-electron chi connectivity index (χ2n) is 6.83. The predicted molar refractivity (Wildman–Crippen MR) is 118 cm³/mol. The number of amides is 1. The number of carbonyl (C=O) groups excluding carboxylic acids is 1. The molecule has 3 aromatic carbocycles. The van der Waals surface area contributed by atoms with Gasteiger partial charge in [0.2, 0.25) is 11.7 Å². The van der Waals surface area contributed by atoms with E-state index in [1.54, 1.807) is 11.8 Å². The van der Waals surface area contributed by atoms with Crippen LogP contribution in [-0.4, -0.2) is 16.0 Å². The summed E-state index contributed by atoms with van der Waals surface area (Å²) in [6, 6.07) is 25.7. The third-order valence-electron chi connectivity index (χ3n) is 4.51. The number of carbonyl (C=O) groups is 1. The Balaban J connectivity index is 1.40. The van der Waals surface area contributed by atoms with Crippen molar-refractivity contribution in [3.63, 3.8) is 0 Å². The van der Waals surface area contributed by atoms with Crippen LogP contribution < -0.4 is 5.32 Å². The Morgan fingerprint density at radius 3 is 2.63 bits per heavy atom. The van der Waals surface area contributed by atoms with Gasteiger partial charge in [0.1, 0.15) is 0 Å². The molecule has 30 heavy (non-hydrogen) atoms. The Bertz CT molecular complexity index is 1140. The topological polar surface area (TPSA) is 68.0 Å². The van der Waals surface area contributed by atoms with E-state index in [4.69, 9.17) is 4.52 Å². The lowest BCUT2D eigenvalue weighted by atomic mass is 10.1. The minimum Gasteiger partial charge on any atom is -0.343 e. The second kappa shape index (κ2) is 9.41. The fourth-order valence-corrected chi connectivity index (χ4v) is 4.00. The quantitative estimate of drug-likeness (QED) is 0.417. The Hall–Kier alpha value is -3.38. The molecule has 1 N–H and O–H groups in total. The first-order chi connectivity index (χ1) is 14.7. The lowest BCUT2D eigenvalue weighted by molar-refractivity contribution is 0.0943. The van der Waals surface area contributed by atoms with Gasteiger partial charge in [-0.15, -0.1) is 11.8 Å². The van der Waals surface area contributed by atoms with E-state index in [2.05, 4.69) is 27.6 Å². The summed E-state index contributed by atoms with van der Waals surface area (Å²) >= 11 is 1.64. The van der Waals surface area contributed by atoms with Crippen LogP contribution >= 0.6 is 11.8 Å². The summed E-state index contributed by atoms with van der Waals surface area (Å²) in [5, 5.41) is 6.90. The van der Waals surface area contributed by atoms with Crippen LogP contribution in [0.25, 0.3) is 11.4 Å². The van der Waals surface area contributed by atoms with Gasteiger partial charge in [0.15, 0.2) is 0 Å². The molecule has 0 bridgehead atoms. The number of benzene rings is 3. The van der Waals surface area contributed by atoms with Crippen molar-refractivity contribution in [2.75, 3.05) is 0 Å². The van der Waals surface area contributed by atoms with E-state index in [0.717, 1.165) is 21.8 Å². The van der Waals surface area contributed by atoms with E-state index in [1.165, 1.54) is 5.56 Å². The highest BCUT2D eigenvalue weighted by Crippen LogP contribution is 2.26. The van der Waals surface area contributed by atoms with E-state index >= 15 is 0 Å². The number of hydrogen-bond donors (Lipinski definition) is 1. The summed E-state index contributed by atoms with van der Waals surface area (Å²) in [6.07, 6.45) is 0. The molecule has 0 spiro atoms. The number of nitrogens with one attached hydrogen (secondary N) is 1. The van der Waals surface area contributed by atoms with Crippen molar-refractivity contribution < 1.29 is 9.32 Å². The molecule has 1 amide bonds. The first kappa shape index (κ1) is 19.9. The SMILES string of the molecule is Cc1cccc(-c2noc(CNC(=O)c3ccccc3SCc3ccccc3)n2)c1. The van der Waals surface area contributed by atoms with Crippen molar-refractivity contribution in [3.05, 3.63) is 101 Å². The lowest BCUT2D eigenvalue weighted by Gasteiger charge is -2.09. The van der Waals surface area contributed by atoms with Gasteiger partial charge in [-0.1, -0.05) is 71.4 Å². The van der Waals surface area contributed by atoms with Crippen molar-refractivity contribution in [1.82, 2.24) is 15.5 Å². The zero-order valence-electron chi connectivity index (χ0n) is 16.5. The van der Waals surface area contributed by atoms with Gasteiger partial charge in [0.25, 0.3) is 5.91 Å². The van der Waals surface area contributed by atoms with Gasteiger partial charge in [-0.05, 0) is 30.7 Å². The minimum atomic E-state index is -0.165. The third-order valence-corrected chi connectivity index (χ3v) is 5.66. The summed E-state index contributed by atoms with van der Waals surface area (Å²) in [4.78, 5) is 18.1. The van der Waals surface area contributed by atoms with E-state index < -0.39 is 0 Å². The molecule has 0 fully saturated rings. The number of aryl methyl sites for hydroxylation is 1. The molecule has 0 unspecified atom stereocenters. The fraction of sp³-hybridized carbons (Fsp3) is 0.125. The van der Waals surface area contributed by atoms with Crippen molar-refractivity contribution in [2.24, 2.45) is 0 Å². The maximum Gasteiger partial charge on any atom is 0.252 e. The molecule has 4 rings (SSSR count). The van der Waals surface area contributed by atoms with Crippen LogP contribution in [0, 0.1) is 6.92 Å². The summed E-state index contributed by atoms with van der Waals surface area (Å²) in [5.74, 6) is 1.52. The highest BCUT2D eigenvalue weighted by atomic mass is 32.2. The monoisotopic (exact) mass is 415 g/mol. The molecule has 4 aromatic rings. The molecular formula is C24H21N3O2S. The summed E-state index contributed by atoms with van der Waals surface area (Å²) in [6.45, 7) is 2.19. The molecule has 0 aliphatic rings. The Morgan fingerprint density at radius 1 is 1.00 bits per heavy atom. The van der Waals surface area contributed by atoms with Crippen LogP contribution in [0.4, 0.5) is 0 Å². The molecule has 1 heterocycles. The molecule has 6 heteroatoms. The van der Waals surface area contributed by atoms with Gasteiger partial charge in [-0.3, -0.25) is 4.79 Å². The van der Waals surface area contributed by atoms with Gasteiger partial charge in [0.05, 0.1) is 12.1 Å². The Morgan fingerprint density at radius 2 is 1.80 bits per heavy atom. The number of hydrogen-bond acceptors (Lipinski definition) is 5. The number of thioether (sulfide) groups is 1. The second-order valence-corrected chi connectivity index (χ2v) is 7.85. The molecule has 0 radical (unpaired) electrons. The standard InChI is InChI=1S/C24H21N3O2S/c1-17-8-7-11-19(14-17)23-26-22(29-27-23)15-25-24(28)20-12-5-6-13-21(20)30-16-18-9-3-2-4-10-18/h2-14H,15-16H2,1H3,(H,25,28). The van der Waals surface area contributed by atoms with Crippen molar-refractivity contribution in [3.8, 4) is 11.4 Å².